The van der Waals surface area contributed by atoms with Crippen LogP contribution in [0.5, 0.6) is 0 Å². The van der Waals surface area contributed by atoms with Crippen molar-refractivity contribution in [2.24, 2.45) is 0 Å². The number of carbonyl (C=O) groups excluding carboxylic acids is 1. The van der Waals surface area contributed by atoms with E-state index in [-0.39, 0.29) is 5.78 Å². The van der Waals surface area contributed by atoms with Crippen molar-refractivity contribution >= 4 is 28.3 Å². The van der Waals surface area contributed by atoms with Crippen molar-refractivity contribution in [3.63, 3.8) is 0 Å². The second-order valence-corrected chi connectivity index (χ2v) is 4.91. The molecule has 0 saturated heterocycles. The van der Waals surface area contributed by atoms with Crippen molar-refractivity contribution in [2.75, 3.05) is 0 Å². The molecule has 0 aliphatic heterocycles. The highest BCUT2D eigenvalue weighted by Gasteiger charge is 2.12. The Balaban J connectivity index is 1.94. The van der Waals surface area contributed by atoms with Gasteiger partial charge >= 0.3 is 0 Å². The Kier molecular flexibility index (Phi) is 3.10. The summed E-state index contributed by atoms with van der Waals surface area (Å²) >= 11 is 5.93. The maximum absolute atomic E-state index is 12.3. The van der Waals surface area contributed by atoms with E-state index in [9.17, 15) is 4.79 Å². The Hall–Kier alpha value is -2.06. The molecule has 0 aliphatic carbocycles. The lowest BCUT2D eigenvalue weighted by atomic mass is 10.0. The fourth-order valence-corrected chi connectivity index (χ4v) is 2.38. The van der Waals surface area contributed by atoms with Crippen molar-refractivity contribution in [2.45, 2.75) is 6.42 Å². The van der Waals surface area contributed by atoms with Gasteiger partial charge in [0, 0.05) is 34.1 Å². The first-order valence-electron chi connectivity index (χ1n) is 6.08. The quantitative estimate of drug-likeness (QED) is 0.709. The maximum atomic E-state index is 12.3. The number of fused-ring (bicyclic) bond motifs is 1. The van der Waals surface area contributed by atoms with Gasteiger partial charge in [0.05, 0.1) is 0 Å². The molecule has 1 heterocycles. The minimum absolute atomic E-state index is 0.111. The summed E-state index contributed by atoms with van der Waals surface area (Å²) in [5.74, 6) is 0.111. The van der Waals surface area contributed by atoms with Gasteiger partial charge in [-0.2, -0.15) is 0 Å². The van der Waals surface area contributed by atoms with Crippen molar-refractivity contribution < 1.29 is 4.79 Å². The molecule has 1 aromatic heterocycles. The van der Waals surface area contributed by atoms with Crippen LogP contribution in [0.15, 0.2) is 54.7 Å². The number of H-pyrrole nitrogens is 1. The molecular weight excluding hydrogens is 258 g/mol. The minimum atomic E-state index is 0.111. The Bertz CT molecular complexity index is 731. The third-order valence-electron chi connectivity index (χ3n) is 3.15. The smallest absolute Gasteiger partial charge is 0.169 e. The van der Waals surface area contributed by atoms with Crippen molar-refractivity contribution in [1.29, 1.82) is 0 Å². The van der Waals surface area contributed by atoms with Crippen molar-refractivity contribution in [3.8, 4) is 0 Å². The van der Waals surface area contributed by atoms with Gasteiger partial charge in [-0.05, 0) is 17.7 Å². The van der Waals surface area contributed by atoms with Gasteiger partial charge < -0.3 is 4.98 Å². The fraction of sp³-hybridized carbons (Fsp3) is 0.0625. The lowest BCUT2D eigenvalue weighted by molar-refractivity contribution is 0.0994. The topological polar surface area (TPSA) is 32.9 Å². The molecular formula is C16H12ClNO. The van der Waals surface area contributed by atoms with Crippen LogP contribution >= 0.6 is 11.6 Å². The summed E-state index contributed by atoms with van der Waals surface area (Å²) < 4.78 is 0. The number of halogens is 1. The molecule has 0 spiro atoms. The fourth-order valence-electron chi connectivity index (χ4n) is 2.21. The third kappa shape index (κ3) is 2.40. The summed E-state index contributed by atoms with van der Waals surface area (Å²) in [4.78, 5) is 15.4. The molecule has 19 heavy (non-hydrogen) atoms. The monoisotopic (exact) mass is 269 g/mol. The van der Waals surface area contributed by atoms with E-state index in [4.69, 9.17) is 11.6 Å². The van der Waals surface area contributed by atoms with Crippen molar-refractivity contribution in [3.05, 3.63) is 70.9 Å². The first-order valence-corrected chi connectivity index (χ1v) is 6.45. The zero-order chi connectivity index (χ0) is 13.2. The largest absolute Gasteiger partial charge is 0.360 e. The van der Waals surface area contributed by atoms with Crippen LogP contribution in [0.3, 0.4) is 0 Å². The number of rotatable bonds is 3. The highest BCUT2D eigenvalue weighted by molar-refractivity contribution is 6.31. The van der Waals surface area contributed by atoms with Gasteiger partial charge in [0.2, 0.25) is 0 Å². The number of nitrogens with one attached hydrogen (secondary N) is 1. The molecule has 3 aromatic rings. The van der Waals surface area contributed by atoms with Crippen LogP contribution in [-0.2, 0) is 6.42 Å². The second-order valence-electron chi connectivity index (χ2n) is 4.48. The molecule has 1 N–H and O–H groups in total. The van der Waals surface area contributed by atoms with Gasteiger partial charge in [-0.25, -0.2) is 0 Å². The average molecular weight is 270 g/mol. The van der Waals surface area contributed by atoms with Crippen LogP contribution < -0.4 is 0 Å². The average Bonchev–Trinajstić information content (AvgIpc) is 2.82. The molecule has 94 valence electrons. The van der Waals surface area contributed by atoms with Gasteiger partial charge in [-0.15, -0.1) is 0 Å². The van der Waals surface area contributed by atoms with E-state index in [1.54, 1.807) is 12.3 Å². The Labute approximate surface area is 116 Å². The molecule has 0 aliphatic rings. The predicted octanol–water partition coefficient (Wildman–Crippen LogP) is 4.25. The molecule has 0 radical (unpaired) electrons. The van der Waals surface area contributed by atoms with Crippen molar-refractivity contribution in [1.82, 2.24) is 4.98 Å². The van der Waals surface area contributed by atoms with Gasteiger partial charge in [-0.1, -0.05) is 48.0 Å². The van der Waals surface area contributed by atoms with Crippen LogP contribution in [0.25, 0.3) is 10.9 Å². The zero-order valence-electron chi connectivity index (χ0n) is 10.2. The molecule has 2 aromatic carbocycles. The number of hydrogen-bond acceptors (Lipinski definition) is 1. The minimum Gasteiger partial charge on any atom is -0.360 e. The van der Waals surface area contributed by atoms with Crippen LogP contribution in [-0.4, -0.2) is 10.8 Å². The Morgan fingerprint density at radius 2 is 1.89 bits per heavy atom. The van der Waals surface area contributed by atoms with E-state index in [0.717, 1.165) is 22.0 Å². The van der Waals surface area contributed by atoms with E-state index >= 15 is 0 Å². The summed E-state index contributed by atoms with van der Waals surface area (Å²) in [7, 11) is 0. The molecule has 0 unspecified atom stereocenters. The van der Waals surface area contributed by atoms with Crippen LogP contribution in [0.2, 0.25) is 5.02 Å². The molecule has 0 fully saturated rings. The second kappa shape index (κ2) is 4.90. The number of hydrogen-bond donors (Lipinski definition) is 1. The molecule has 0 saturated carbocycles. The van der Waals surface area contributed by atoms with Crippen LogP contribution in [0.4, 0.5) is 0 Å². The van der Waals surface area contributed by atoms with Gasteiger partial charge in [0.15, 0.2) is 5.78 Å². The van der Waals surface area contributed by atoms with E-state index in [1.807, 2.05) is 42.5 Å². The number of carbonyl (C=O) groups is 1. The normalized spacial score (nSPS) is 10.8. The summed E-state index contributed by atoms with van der Waals surface area (Å²) in [5.41, 5.74) is 2.63. The highest BCUT2D eigenvalue weighted by Crippen LogP contribution is 2.23. The van der Waals surface area contributed by atoms with Gasteiger partial charge in [0.25, 0.3) is 0 Å². The Morgan fingerprint density at radius 1 is 1.11 bits per heavy atom. The standard InChI is InChI=1S/C16H12ClNO/c17-12-6-7-13-14(10-18-15(13)9-12)16(19)8-11-4-2-1-3-5-11/h1-7,9-10,18H,8H2. The predicted molar refractivity (Wildman–Crippen MR) is 77.8 cm³/mol. The molecule has 3 rings (SSSR count). The summed E-state index contributed by atoms with van der Waals surface area (Å²) in [5, 5.41) is 1.58. The van der Waals surface area contributed by atoms with E-state index < -0.39 is 0 Å². The van der Waals surface area contributed by atoms with Crippen LogP contribution in [0, 0.1) is 0 Å². The van der Waals surface area contributed by atoms with Crippen LogP contribution in [0.1, 0.15) is 15.9 Å². The maximum Gasteiger partial charge on any atom is 0.169 e. The van der Waals surface area contributed by atoms with E-state index in [2.05, 4.69) is 4.98 Å². The summed E-state index contributed by atoms with van der Waals surface area (Å²) in [6, 6.07) is 15.3. The lowest BCUT2D eigenvalue weighted by Gasteiger charge is -2.00. The molecule has 3 heteroatoms. The number of aromatic nitrogens is 1. The Morgan fingerprint density at radius 3 is 2.68 bits per heavy atom. The van der Waals surface area contributed by atoms with E-state index in [1.165, 1.54) is 0 Å². The molecule has 0 bridgehead atoms. The van der Waals surface area contributed by atoms with E-state index in [0.29, 0.717) is 11.4 Å². The zero-order valence-corrected chi connectivity index (χ0v) is 10.9. The third-order valence-corrected chi connectivity index (χ3v) is 3.39. The number of ketones is 1. The first-order chi connectivity index (χ1) is 9.24. The SMILES string of the molecule is O=C(Cc1ccccc1)c1c[nH]c2cc(Cl)ccc12. The van der Waals surface area contributed by atoms with Gasteiger partial charge in [-0.3, -0.25) is 4.79 Å². The molecule has 2 nitrogen and oxygen atoms in total. The highest BCUT2D eigenvalue weighted by atomic mass is 35.5. The summed E-state index contributed by atoms with van der Waals surface area (Å²) in [6.07, 6.45) is 2.17. The number of aromatic amines is 1. The number of Topliss-reactive ketones (excluding diaryl/α,β-unsaturated/α-hetero) is 1. The first kappa shape index (κ1) is 12.0. The van der Waals surface area contributed by atoms with Gasteiger partial charge in [0.1, 0.15) is 0 Å². The lowest BCUT2D eigenvalue weighted by Crippen LogP contribution is -2.02. The molecule has 0 amide bonds. The number of benzene rings is 2. The molecule has 0 atom stereocenters. The summed E-state index contributed by atoms with van der Waals surface area (Å²) in [6.45, 7) is 0.